The van der Waals surface area contributed by atoms with Gasteiger partial charge in [-0.15, -0.1) is 11.8 Å². The molecule has 3 rings (SSSR count). The fourth-order valence-electron chi connectivity index (χ4n) is 2.44. The van der Waals surface area contributed by atoms with Crippen LogP contribution in [0.1, 0.15) is 12.0 Å². The summed E-state index contributed by atoms with van der Waals surface area (Å²) in [6, 6.07) is 13.0. The van der Waals surface area contributed by atoms with Gasteiger partial charge in [0.25, 0.3) is 5.91 Å². The lowest BCUT2D eigenvalue weighted by Gasteiger charge is -2.23. The molecule has 27 heavy (non-hydrogen) atoms. The van der Waals surface area contributed by atoms with Crippen LogP contribution in [0.3, 0.4) is 0 Å². The first-order valence-electron chi connectivity index (χ1n) is 8.24. The van der Waals surface area contributed by atoms with Crippen LogP contribution in [0.5, 0.6) is 0 Å². The minimum absolute atomic E-state index is 0.129. The molecule has 0 spiro atoms. The number of amides is 2. The van der Waals surface area contributed by atoms with Gasteiger partial charge in [0.1, 0.15) is 5.82 Å². The molecule has 0 bridgehead atoms. The van der Waals surface area contributed by atoms with E-state index in [1.807, 2.05) is 18.2 Å². The molecule has 2 N–H and O–H groups in total. The number of ether oxygens (including phenoxy) is 1. The standard InChI is InChI=1S/C19H17FN2O4S/c20-13-7-5-12(6-8-13)10-21-17(23)11-26-18(24)9-16-19(25)22-14-3-1-2-4-15(14)27-16/h1-8,16H,9-11H2,(H,21,23)(H,22,25)/t16-/m0/s1. The highest BCUT2D eigenvalue weighted by Crippen LogP contribution is 2.36. The molecule has 0 unspecified atom stereocenters. The summed E-state index contributed by atoms with van der Waals surface area (Å²) in [7, 11) is 0. The summed E-state index contributed by atoms with van der Waals surface area (Å²) < 4.78 is 17.8. The first-order chi connectivity index (χ1) is 13.0. The van der Waals surface area contributed by atoms with Crippen LogP contribution in [-0.2, 0) is 25.7 Å². The molecule has 1 heterocycles. The van der Waals surface area contributed by atoms with Gasteiger partial charge in [-0.2, -0.15) is 0 Å². The second-order valence-corrected chi connectivity index (χ2v) is 7.10. The van der Waals surface area contributed by atoms with Gasteiger partial charge in [0, 0.05) is 11.4 Å². The predicted molar refractivity (Wildman–Crippen MR) is 98.5 cm³/mol. The number of carbonyl (C=O) groups excluding carboxylic acids is 3. The van der Waals surface area contributed by atoms with Crippen LogP contribution >= 0.6 is 11.8 Å². The number of anilines is 1. The monoisotopic (exact) mass is 388 g/mol. The number of benzene rings is 2. The molecule has 0 fully saturated rings. The number of thioether (sulfide) groups is 1. The molecule has 0 aromatic heterocycles. The smallest absolute Gasteiger partial charge is 0.307 e. The molecule has 0 aliphatic carbocycles. The van der Waals surface area contributed by atoms with Crippen molar-refractivity contribution in [3.05, 3.63) is 59.9 Å². The SMILES string of the molecule is O=C(COC(=O)C[C@@H]1Sc2ccccc2NC1=O)NCc1ccc(F)cc1. The van der Waals surface area contributed by atoms with E-state index in [9.17, 15) is 18.8 Å². The van der Waals surface area contributed by atoms with E-state index in [0.717, 1.165) is 16.1 Å². The highest BCUT2D eigenvalue weighted by atomic mass is 32.2. The number of fused-ring (bicyclic) bond motifs is 1. The molecule has 1 aliphatic heterocycles. The average molecular weight is 388 g/mol. The number of esters is 1. The maximum absolute atomic E-state index is 12.8. The molecule has 2 aromatic rings. The Hall–Kier alpha value is -2.87. The largest absolute Gasteiger partial charge is 0.456 e. The van der Waals surface area contributed by atoms with Crippen LogP contribution in [0.25, 0.3) is 0 Å². The van der Waals surface area contributed by atoms with E-state index in [4.69, 9.17) is 4.74 Å². The molecular formula is C19H17FN2O4S. The maximum atomic E-state index is 12.8. The van der Waals surface area contributed by atoms with Crippen molar-refractivity contribution in [2.75, 3.05) is 11.9 Å². The fraction of sp³-hybridized carbons (Fsp3) is 0.211. The van der Waals surface area contributed by atoms with Gasteiger partial charge in [0.15, 0.2) is 6.61 Å². The molecule has 8 heteroatoms. The maximum Gasteiger partial charge on any atom is 0.307 e. The molecule has 0 radical (unpaired) electrons. The van der Waals surface area contributed by atoms with E-state index in [2.05, 4.69) is 10.6 Å². The lowest BCUT2D eigenvalue weighted by molar-refractivity contribution is -0.149. The van der Waals surface area contributed by atoms with Crippen molar-refractivity contribution in [3.63, 3.8) is 0 Å². The number of rotatable bonds is 6. The van der Waals surface area contributed by atoms with Crippen molar-refractivity contribution < 1.29 is 23.5 Å². The molecule has 0 saturated carbocycles. The lowest BCUT2D eigenvalue weighted by atomic mass is 10.2. The number of hydrogen-bond acceptors (Lipinski definition) is 5. The predicted octanol–water partition coefficient (Wildman–Crippen LogP) is 2.49. The summed E-state index contributed by atoms with van der Waals surface area (Å²) in [5.41, 5.74) is 1.45. The molecule has 1 aliphatic rings. The van der Waals surface area contributed by atoms with E-state index in [1.165, 1.54) is 23.9 Å². The van der Waals surface area contributed by atoms with E-state index >= 15 is 0 Å². The van der Waals surface area contributed by atoms with Crippen LogP contribution in [0, 0.1) is 5.82 Å². The van der Waals surface area contributed by atoms with Crippen molar-refractivity contribution in [1.82, 2.24) is 5.32 Å². The Bertz CT molecular complexity index is 857. The van der Waals surface area contributed by atoms with Crippen LogP contribution in [-0.4, -0.2) is 29.6 Å². The van der Waals surface area contributed by atoms with Crippen LogP contribution < -0.4 is 10.6 Å². The van der Waals surface area contributed by atoms with E-state index in [1.54, 1.807) is 18.2 Å². The van der Waals surface area contributed by atoms with Gasteiger partial charge in [-0.05, 0) is 29.8 Å². The van der Waals surface area contributed by atoms with E-state index < -0.39 is 23.7 Å². The first kappa shape index (κ1) is 18.9. The molecule has 0 saturated heterocycles. The van der Waals surface area contributed by atoms with Gasteiger partial charge >= 0.3 is 5.97 Å². The van der Waals surface area contributed by atoms with E-state index in [-0.39, 0.29) is 24.7 Å². The molecule has 2 aromatic carbocycles. The number of para-hydroxylation sites is 1. The third-order valence-electron chi connectivity index (χ3n) is 3.83. The summed E-state index contributed by atoms with van der Waals surface area (Å²) in [6.07, 6.45) is -0.129. The number of halogens is 1. The first-order valence-corrected chi connectivity index (χ1v) is 9.12. The third kappa shape index (κ3) is 5.30. The summed E-state index contributed by atoms with van der Waals surface area (Å²) in [4.78, 5) is 36.7. The van der Waals surface area contributed by atoms with Gasteiger partial charge < -0.3 is 15.4 Å². The Morgan fingerprint density at radius 3 is 2.67 bits per heavy atom. The Balaban J connectivity index is 1.42. The zero-order chi connectivity index (χ0) is 19.2. The van der Waals surface area contributed by atoms with Crippen molar-refractivity contribution >= 4 is 35.2 Å². The zero-order valence-electron chi connectivity index (χ0n) is 14.2. The normalized spacial score (nSPS) is 15.4. The summed E-state index contributed by atoms with van der Waals surface area (Å²) in [5, 5.41) is 4.72. The molecule has 2 amide bonds. The van der Waals surface area contributed by atoms with Gasteiger partial charge in [0.2, 0.25) is 5.91 Å². The van der Waals surface area contributed by atoms with Crippen molar-refractivity contribution in [1.29, 1.82) is 0 Å². The molecule has 6 nitrogen and oxygen atoms in total. The Morgan fingerprint density at radius 2 is 1.89 bits per heavy atom. The second-order valence-electron chi connectivity index (χ2n) is 5.86. The fourth-order valence-corrected chi connectivity index (χ4v) is 3.53. The van der Waals surface area contributed by atoms with Gasteiger partial charge in [-0.1, -0.05) is 24.3 Å². The summed E-state index contributed by atoms with van der Waals surface area (Å²) >= 11 is 1.29. The molecular weight excluding hydrogens is 371 g/mol. The Morgan fingerprint density at radius 1 is 1.15 bits per heavy atom. The average Bonchev–Trinajstić information content (AvgIpc) is 2.66. The van der Waals surface area contributed by atoms with Gasteiger partial charge in [-0.3, -0.25) is 14.4 Å². The highest BCUT2D eigenvalue weighted by Gasteiger charge is 2.29. The topological polar surface area (TPSA) is 84.5 Å². The Labute approximate surface area is 159 Å². The minimum Gasteiger partial charge on any atom is -0.456 e. The highest BCUT2D eigenvalue weighted by molar-refractivity contribution is 8.01. The lowest BCUT2D eigenvalue weighted by Crippen LogP contribution is -2.33. The second kappa shape index (κ2) is 8.68. The minimum atomic E-state index is -0.626. The quantitative estimate of drug-likeness (QED) is 0.743. The number of nitrogens with one attached hydrogen (secondary N) is 2. The van der Waals surface area contributed by atoms with Crippen molar-refractivity contribution in [2.45, 2.75) is 23.1 Å². The van der Waals surface area contributed by atoms with Crippen LogP contribution in [0.2, 0.25) is 0 Å². The van der Waals surface area contributed by atoms with E-state index in [0.29, 0.717) is 0 Å². The molecule has 140 valence electrons. The van der Waals surface area contributed by atoms with Crippen molar-refractivity contribution in [3.8, 4) is 0 Å². The molecule has 1 atom stereocenters. The van der Waals surface area contributed by atoms with Gasteiger partial charge in [-0.25, -0.2) is 4.39 Å². The summed E-state index contributed by atoms with van der Waals surface area (Å²) in [5.74, 6) is -1.72. The van der Waals surface area contributed by atoms with Crippen LogP contribution in [0.15, 0.2) is 53.4 Å². The third-order valence-corrected chi connectivity index (χ3v) is 5.10. The number of carbonyl (C=O) groups is 3. The van der Waals surface area contributed by atoms with Gasteiger partial charge in [0.05, 0.1) is 17.4 Å². The summed E-state index contributed by atoms with van der Waals surface area (Å²) in [6.45, 7) is -0.232. The van der Waals surface area contributed by atoms with Crippen LogP contribution in [0.4, 0.5) is 10.1 Å². The number of hydrogen-bond donors (Lipinski definition) is 2. The van der Waals surface area contributed by atoms with Crippen molar-refractivity contribution in [2.24, 2.45) is 0 Å². The zero-order valence-corrected chi connectivity index (χ0v) is 15.1. The Kier molecular flexibility index (Phi) is 6.08.